The smallest absolute Gasteiger partial charge is 0.462 e. The molecule has 0 unspecified atom stereocenters. The number of carbonyl (C=O) groups is 1. The van der Waals surface area contributed by atoms with E-state index in [4.69, 9.17) is 4.74 Å². The molecule has 0 aromatic heterocycles. The molecule has 0 N–H and O–H groups in total. The molecule has 0 atom stereocenters. The van der Waals surface area contributed by atoms with E-state index in [0.29, 0.717) is 5.69 Å². The molecule has 0 saturated heterocycles. The number of hydrogen-bond donors (Lipinski definition) is 0. The number of carbonyl (C=O) groups excluding carboxylic acids is 1. The van der Waals surface area contributed by atoms with Gasteiger partial charge in [-0.25, -0.2) is 4.79 Å². The highest BCUT2D eigenvalue weighted by Crippen LogP contribution is 2.28. The zero-order chi connectivity index (χ0) is 14.6. The average Bonchev–Trinajstić information content (AvgIpc) is 2.26. The minimum atomic E-state index is -4.80. The van der Waals surface area contributed by atoms with Crippen LogP contribution < -0.4 is 9.64 Å². The number of benzene rings is 1. The van der Waals surface area contributed by atoms with Crippen molar-refractivity contribution in [3.8, 4) is 5.75 Å². The summed E-state index contributed by atoms with van der Waals surface area (Å²) in [6.07, 6.45) is -4.80. The first-order valence-electron chi connectivity index (χ1n) is 5.49. The first kappa shape index (κ1) is 15.1. The fourth-order valence-corrected chi connectivity index (χ4v) is 1.47. The Bertz CT molecular complexity index is 458. The summed E-state index contributed by atoms with van der Waals surface area (Å²) in [5.41, 5.74) is 0.474. The molecule has 0 bridgehead atoms. The predicted octanol–water partition coefficient (Wildman–Crippen LogP) is 2.83. The highest BCUT2D eigenvalue weighted by atomic mass is 19.4. The Kier molecular flexibility index (Phi) is 4.63. The normalized spacial score (nSPS) is 11.1. The van der Waals surface area contributed by atoms with Gasteiger partial charge in [-0.15, -0.1) is 13.2 Å². The molecule has 0 fully saturated rings. The molecule has 4 nitrogen and oxygen atoms in total. The van der Waals surface area contributed by atoms with E-state index in [0.717, 1.165) is 12.1 Å². The quantitative estimate of drug-likeness (QED) is 0.793. The van der Waals surface area contributed by atoms with Gasteiger partial charge in [0, 0.05) is 14.1 Å². The number of rotatable bonds is 4. The molecule has 0 saturated carbocycles. The fourth-order valence-electron chi connectivity index (χ4n) is 1.47. The molecule has 7 heteroatoms. The molecule has 0 aliphatic carbocycles. The van der Waals surface area contributed by atoms with Gasteiger partial charge in [0.05, 0.1) is 17.9 Å². The largest absolute Gasteiger partial charge is 0.573 e. The van der Waals surface area contributed by atoms with Gasteiger partial charge in [0.15, 0.2) is 0 Å². The Labute approximate surface area is 108 Å². The molecule has 1 aromatic carbocycles. The third-order valence-corrected chi connectivity index (χ3v) is 2.18. The molecular weight excluding hydrogens is 263 g/mol. The van der Waals surface area contributed by atoms with E-state index in [1.807, 2.05) is 0 Å². The summed E-state index contributed by atoms with van der Waals surface area (Å²) in [5, 5.41) is 0. The highest BCUT2D eigenvalue weighted by Gasteiger charge is 2.31. The molecule has 0 amide bonds. The summed E-state index contributed by atoms with van der Waals surface area (Å²) >= 11 is 0. The number of hydrogen-bond acceptors (Lipinski definition) is 4. The standard InChI is InChI=1S/C12H14F3NO3/c1-4-18-11(17)9-7-8(19-12(13,14)15)5-6-10(9)16(2)3/h5-7H,4H2,1-3H3. The van der Waals surface area contributed by atoms with Crippen molar-refractivity contribution in [3.63, 3.8) is 0 Å². The van der Waals surface area contributed by atoms with E-state index in [-0.39, 0.29) is 12.2 Å². The van der Waals surface area contributed by atoms with Gasteiger partial charge in [-0.1, -0.05) is 0 Å². The average molecular weight is 277 g/mol. The number of anilines is 1. The van der Waals surface area contributed by atoms with Gasteiger partial charge in [0.1, 0.15) is 5.75 Å². The van der Waals surface area contributed by atoms with Gasteiger partial charge in [0.2, 0.25) is 0 Å². The summed E-state index contributed by atoms with van der Waals surface area (Å²) < 4.78 is 45.0. The lowest BCUT2D eigenvalue weighted by atomic mass is 10.1. The second-order valence-electron chi connectivity index (χ2n) is 3.84. The molecule has 0 radical (unpaired) electrons. The van der Waals surface area contributed by atoms with Crippen LogP contribution >= 0.6 is 0 Å². The van der Waals surface area contributed by atoms with Crippen molar-refractivity contribution in [3.05, 3.63) is 23.8 Å². The van der Waals surface area contributed by atoms with Crippen molar-refractivity contribution in [2.75, 3.05) is 25.6 Å². The van der Waals surface area contributed by atoms with Gasteiger partial charge in [-0.2, -0.15) is 0 Å². The van der Waals surface area contributed by atoms with Crippen LogP contribution in [0.5, 0.6) is 5.75 Å². The SMILES string of the molecule is CCOC(=O)c1cc(OC(F)(F)F)ccc1N(C)C. The maximum Gasteiger partial charge on any atom is 0.573 e. The van der Waals surface area contributed by atoms with Crippen LogP contribution in [-0.4, -0.2) is 33.0 Å². The minimum absolute atomic E-state index is 0.0219. The Morgan fingerprint density at radius 2 is 1.95 bits per heavy atom. The number of halogens is 3. The summed E-state index contributed by atoms with van der Waals surface area (Å²) in [5.74, 6) is -1.15. The summed E-state index contributed by atoms with van der Waals surface area (Å²) in [6, 6.07) is 3.53. The molecular formula is C12H14F3NO3. The minimum Gasteiger partial charge on any atom is -0.462 e. The van der Waals surface area contributed by atoms with Crippen LogP contribution in [0.25, 0.3) is 0 Å². The third kappa shape index (κ3) is 4.35. The molecule has 0 aliphatic rings. The van der Waals surface area contributed by atoms with Gasteiger partial charge in [-0.05, 0) is 25.1 Å². The van der Waals surface area contributed by atoms with Crippen molar-refractivity contribution in [2.24, 2.45) is 0 Å². The van der Waals surface area contributed by atoms with E-state index in [9.17, 15) is 18.0 Å². The van der Waals surface area contributed by atoms with Crippen molar-refractivity contribution >= 4 is 11.7 Å². The lowest BCUT2D eigenvalue weighted by Crippen LogP contribution is -2.19. The topological polar surface area (TPSA) is 38.8 Å². The van der Waals surface area contributed by atoms with Gasteiger partial charge in [-0.3, -0.25) is 0 Å². The van der Waals surface area contributed by atoms with Crippen LogP contribution in [0.15, 0.2) is 18.2 Å². The van der Waals surface area contributed by atoms with E-state index in [1.165, 1.54) is 6.07 Å². The second-order valence-corrected chi connectivity index (χ2v) is 3.84. The highest BCUT2D eigenvalue weighted by molar-refractivity contribution is 5.96. The van der Waals surface area contributed by atoms with Crippen LogP contribution in [0.4, 0.5) is 18.9 Å². The molecule has 0 aliphatic heterocycles. The Morgan fingerprint density at radius 3 is 2.42 bits per heavy atom. The molecule has 0 heterocycles. The predicted molar refractivity (Wildman–Crippen MR) is 63.4 cm³/mol. The van der Waals surface area contributed by atoms with Crippen molar-refractivity contribution in [2.45, 2.75) is 13.3 Å². The number of esters is 1. The van der Waals surface area contributed by atoms with Gasteiger partial charge >= 0.3 is 12.3 Å². The Morgan fingerprint density at radius 1 is 1.32 bits per heavy atom. The van der Waals surface area contributed by atoms with Crippen LogP contribution in [0, 0.1) is 0 Å². The van der Waals surface area contributed by atoms with Gasteiger partial charge in [0.25, 0.3) is 0 Å². The maximum atomic E-state index is 12.1. The lowest BCUT2D eigenvalue weighted by Gasteiger charge is -2.18. The summed E-state index contributed by atoms with van der Waals surface area (Å²) in [6.45, 7) is 1.75. The van der Waals surface area contributed by atoms with Crippen LogP contribution in [0.1, 0.15) is 17.3 Å². The van der Waals surface area contributed by atoms with E-state index in [2.05, 4.69) is 4.74 Å². The van der Waals surface area contributed by atoms with Crippen molar-refractivity contribution < 1.29 is 27.4 Å². The molecule has 106 valence electrons. The Hall–Kier alpha value is -1.92. The van der Waals surface area contributed by atoms with E-state index >= 15 is 0 Å². The lowest BCUT2D eigenvalue weighted by molar-refractivity contribution is -0.274. The molecule has 19 heavy (non-hydrogen) atoms. The fraction of sp³-hybridized carbons (Fsp3) is 0.417. The molecule has 1 aromatic rings. The second kappa shape index (κ2) is 5.81. The monoisotopic (exact) mass is 277 g/mol. The number of nitrogens with zero attached hydrogens (tertiary/aromatic N) is 1. The Balaban J connectivity index is 3.15. The zero-order valence-electron chi connectivity index (χ0n) is 10.7. The van der Waals surface area contributed by atoms with Crippen molar-refractivity contribution in [1.82, 2.24) is 0 Å². The first-order valence-corrected chi connectivity index (χ1v) is 5.49. The van der Waals surface area contributed by atoms with Crippen molar-refractivity contribution in [1.29, 1.82) is 0 Å². The number of alkyl halides is 3. The first-order chi connectivity index (χ1) is 8.74. The number of ether oxygens (including phenoxy) is 2. The van der Waals surface area contributed by atoms with E-state index in [1.54, 1.807) is 25.9 Å². The molecule has 0 spiro atoms. The van der Waals surface area contributed by atoms with Gasteiger partial charge < -0.3 is 14.4 Å². The molecule has 1 rings (SSSR count). The van der Waals surface area contributed by atoms with Crippen LogP contribution in [-0.2, 0) is 4.74 Å². The third-order valence-electron chi connectivity index (χ3n) is 2.18. The summed E-state index contributed by atoms with van der Waals surface area (Å²) in [7, 11) is 3.34. The van der Waals surface area contributed by atoms with E-state index < -0.39 is 18.1 Å². The maximum absolute atomic E-state index is 12.1. The summed E-state index contributed by atoms with van der Waals surface area (Å²) in [4.78, 5) is 13.3. The van der Waals surface area contributed by atoms with Crippen LogP contribution in [0.3, 0.4) is 0 Å². The zero-order valence-corrected chi connectivity index (χ0v) is 10.7. The van der Waals surface area contributed by atoms with Crippen LogP contribution in [0.2, 0.25) is 0 Å².